The minimum Gasteiger partial charge on any atom is -0.399 e. The summed E-state index contributed by atoms with van der Waals surface area (Å²) in [4.78, 5) is 0. The van der Waals surface area contributed by atoms with E-state index in [1.165, 1.54) is 30.4 Å². The van der Waals surface area contributed by atoms with E-state index in [4.69, 9.17) is 5.73 Å². The number of hydrogen-bond donors (Lipinski definition) is 2. The van der Waals surface area contributed by atoms with Gasteiger partial charge in [0.25, 0.3) is 0 Å². The molecule has 0 aliphatic heterocycles. The third kappa shape index (κ3) is 3.22. The fraction of sp³-hybridized carbons (Fsp3) is 0.600. The molecule has 2 heteroatoms. The molecule has 0 saturated carbocycles. The zero-order valence-electron chi connectivity index (χ0n) is 11.2. The van der Waals surface area contributed by atoms with Gasteiger partial charge in [-0.2, -0.15) is 0 Å². The molecule has 0 fully saturated rings. The van der Waals surface area contributed by atoms with E-state index in [1.54, 1.807) is 0 Å². The van der Waals surface area contributed by atoms with Gasteiger partial charge in [-0.3, -0.25) is 0 Å². The van der Waals surface area contributed by atoms with Crippen molar-refractivity contribution in [2.75, 3.05) is 12.3 Å². The fourth-order valence-electron chi connectivity index (χ4n) is 2.58. The number of nitrogens with one attached hydrogen (secondary N) is 1. The molecule has 1 aliphatic carbocycles. The molecule has 1 aliphatic rings. The highest BCUT2D eigenvalue weighted by molar-refractivity contribution is 5.47. The predicted molar refractivity (Wildman–Crippen MR) is 74.3 cm³/mol. The van der Waals surface area contributed by atoms with Crippen molar-refractivity contribution in [3.8, 4) is 0 Å². The molecule has 1 unspecified atom stereocenters. The summed E-state index contributed by atoms with van der Waals surface area (Å²) in [7, 11) is 0. The molecule has 0 bridgehead atoms. The van der Waals surface area contributed by atoms with Crippen LogP contribution in [0.3, 0.4) is 0 Å². The maximum Gasteiger partial charge on any atom is 0.0316 e. The number of nitrogens with two attached hydrogens (primary N) is 1. The number of aryl methyl sites for hydroxylation is 1. The van der Waals surface area contributed by atoms with Gasteiger partial charge in [0.15, 0.2) is 0 Å². The zero-order chi connectivity index (χ0) is 12.5. The third-order valence-electron chi connectivity index (χ3n) is 3.48. The van der Waals surface area contributed by atoms with Crippen LogP contribution in [0.4, 0.5) is 5.69 Å². The van der Waals surface area contributed by atoms with Crippen LogP contribution in [0.2, 0.25) is 0 Å². The van der Waals surface area contributed by atoms with E-state index in [0.717, 1.165) is 12.2 Å². The lowest BCUT2D eigenvalue weighted by Crippen LogP contribution is -2.39. The summed E-state index contributed by atoms with van der Waals surface area (Å²) in [5.74, 6) is 0.651. The first kappa shape index (κ1) is 12.4. The van der Waals surface area contributed by atoms with Gasteiger partial charge < -0.3 is 11.1 Å². The number of nitrogen functional groups attached to an aromatic ring is 1. The number of hydrogen-bond acceptors (Lipinski definition) is 2. The number of fused-ring (bicyclic) bond motifs is 1. The van der Waals surface area contributed by atoms with Crippen molar-refractivity contribution in [3.05, 3.63) is 29.3 Å². The summed E-state index contributed by atoms with van der Waals surface area (Å²) in [5, 5.41) is 3.62. The quantitative estimate of drug-likeness (QED) is 0.769. The van der Waals surface area contributed by atoms with E-state index in [9.17, 15) is 0 Å². The van der Waals surface area contributed by atoms with Crippen LogP contribution in [0, 0.1) is 0 Å². The molecule has 0 radical (unpaired) electrons. The van der Waals surface area contributed by atoms with Crippen molar-refractivity contribution in [2.24, 2.45) is 0 Å². The molecular weight excluding hydrogens is 208 g/mol. The van der Waals surface area contributed by atoms with Crippen molar-refractivity contribution in [1.29, 1.82) is 0 Å². The summed E-state index contributed by atoms with van der Waals surface area (Å²) in [6.07, 6.45) is 3.76. The zero-order valence-corrected chi connectivity index (χ0v) is 11.2. The van der Waals surface area contributed by atoms with Gasteiger partial charge in [-0.15, -0.1) is 0 Å². The molecule has 0 aromatic heterocycles. The monoisotopic (exact) mass is 232 g/mol. The molecule has 1 aromatic rings. The highest BCUT2D eigenvalue weighted by Gasteiger charge is 2.21. The lowest BCUT2D eigenvalue weighted by atomic mass is 9.82. The van der Waals surface area contributed by atoms with Crippen LogP contribution in [0.5, 0.6) is 0 Å². The Bertz CT molecular complexity index is 390. The first-order chi connectivity index (χ1) is 7.96. The van der Waals surface area contributed by atoms with Crippen LogP contribution in [-0.4, -0.2) is 12.1 Å². The maximum absolute atomic E-state index is 5.85. The molecule has 94 valence electrons. The Morgan fingerprint density at radius 1 is 1.35 bits per heavy atom. The van der Waals surface area contributed by atoms with Gasteiger partial charge in [0.1, 0.15) is 0 Å². The molecule has 17 heavy (non-hydrogen) atoms. The van der Waals surface area contributed by atoms with Crippen molar-refractivity contribution in [3.63, 3.8) is 0 Å². The van der Waals surface area contributed by atoms with Crippen LogP contribution in [-0.2, 0) is 6.42 Å². The van der Waals surface area contributed by atoms with Gasteiger partial charge in [0, 0.05) is 17.8 Å². The van der Waals surface area contributed by atoms with Crippen LogP contribution in [0.1, 0.15) is 50.7 Å². The van der Waals surface area contributed by atoms with E-state index < -0.39 is 0 Å². The molecule has 1 aromatic carbocycles. The van der Waals surface area contributed by atoms with E-state index in [-0.39, 0.29) is 5.54 Å². The second-order valence-corrected chi connectivity index (χ2v) is 6.18. The molecule has 2 rings (SSSR count). The van der Waals surface area contributed by atoms with Crippen LogP contribution in [0.25, 0.3) is 0 Å². The normalized spacial score (nSPS) is 20.1. The van der Waals surface area contributed by atoms with Crippen molar-refractivity contribution < 1.29 is 0 Å². The third-order valence-corrected chi connectivity index (χ3v) is 3.48. The average Bonchev–Trinajstić information content (AvgIpc) is 2.24. The highest BCUT2D eigenvalue weighted by atomic mass is 14.9. The van der Waals surface area contributed by atoms with Gasteiger partial charge in [-0.25, -0.2) is 0 Å². The van der Waals surface area contributed by atoms with Crippen molar-refractivity contribution in [2.45, 2.75) is 51.5 Å². The van der Waals surface area contributed by atoms with E-state index in [0.29, 0.717) is 5.92 Å². The molecular formula is C15H24N2. The molecule has 1 atom stereocenters. The topological polar surface area (TPSA) is 38.0 Å². The summed E-state index contributed by atoms with van der Waals surface area (Å²) < 4.78 is 0. The van der Waals surface area contributed by atoms with Crippen molar-refractivity contribution in [1.82, 2.24) is 5.32 Å². The summed E-state index contributed by atoms with van der Waals surface area (Å²) in [6.45, 7) is 7.74. The van der Waals surface area contributed by atoms with Crippen molar-refractivity contribution >= 4 is 5.69 Å². The number of anilines is 1. The lowest BCUT2D eigenvalue weighted by Gasteiger charge is -2.29. The Kier molecular flexibility index (Phi) is 3.43. The highest BCUT2D eigenvalue weighted by Crippen LogP contribution is 2.32. The standard InChI is InChI=1S/C15H24N2/c1-15(2,3)17-10-12-6-4-5-11-9-13(16)7-8-14(11)12/h7-9,12,17H,4-6,10,16H2,1-3H3. The molecule has 0 amide bonds. The summed E-state index contributed by atoms with van der Waals surface area (Å²) in [6, 6.07) is 6.41. The van der Waals surface area contributed by atoms with Gasteiger partial charge in [-0.05, 0) is 69.2 Å². The Labute approximate surface area is 105 Å². The number of benzene rings is 1. The Morgan fingerprint density at radius 2 is 2.12 bits per heavy atom. The van der Waals surface area contributed by atoms with Crippen LogP contribution >= 0.6 is 0 Å². The van der Waals surface area contributed by atoms with E-state index in [1.807, 2.05) is 6.07 Å². The number of rotatable bonds is 2. The van der Waals surface area contributed by atoms with Crippen LogP contribution < -0.4 is 11.1 Å². The Morgan fingerprint density at radius 3 is 2.82 bits per heavy atom. The van der Waals surface area contributed by atoms with E-state index >= 15 is 0 Å². The second kappa shape index (κ2) is 4.69. The second-order valence-electron chi connectivity index (χ2n) is 6.18. The Hall–Kier alpha value is -1.02. The predicted octanol–water partition coefficient (Wildman–Crippen LogP) is 3.08. The minimum absolute atomic E-state index is 0.200. The first-order valence-corrected chi connectivity index (χ1v) is 6.59. The maximum atomic E-state index is 5.85. The molecule has 0 saturated heterocycles. The van der Waals surface area contributed by atoms with Gasteiger partial charge in [0.2, 0.25) is 0 Å². The summed E-state index contributed by atoms with van der Waals surface area (Å²) >= 11 is 0. The molecule has 0 heterocycles. The molecule has 0 spiro atoms. The summed E-state index contributed by atoms with van der Waals surface area (Å²) in [5.41, 5.74) is 9.91. The van der Waals surface area contributed by atoms with Gasteiger partial charge in [-0.1, -0.05) is 6.07 Å². The van der Waals surface area contributed by atoms with Crippen LogP contribution in [0.15, 0.2) is 18.2 Å². The average molecular weight is 232 g/mol. The first-order valence-electron chi connectivity index (χ1n) is 6.59. The minimum atomic E-state index is 0.200. The Balaban J connectivity index is 2.12. The molecule has 3 N–H and O–H groups in total. The molecule has 2 nitrogen and oxygen atoms in total. The smallest absolute Gasteiger partial charge is 0.0316 e. The SMILES string of the molecule is CC(C)(C)NCC1CCCc2cc(N)ccc21. The fourth-order valence-corrected chi connectivity index (χ4v) is 2.58. The van der Waals surface area contributed by atoms with E-state index in [2.05, 4.69) is 38.2 Å². The lowest BCUT2D eigenvalue weighted by molar-refractivity contribution is 0.390. The largest absolute Gasteiger partial charge is 0.399 e. The van der Waals surface area contributed by atoms with Gasteiger partial charge in [0.05, 0.1) is 0 Å². The van der Waals surface area contributed by atoms with Gasteiger partial charge >= 0.3 is 0 Å².